The van der Waals surface area contributed by atoms with Gasteiger partial charge in [0.1, 0.15) is 17.2 Å². The van der Waals surface area contributed by atoms with Crippen molar-refractivity contribution in [1.82, 2.24) is 9.88 Å². The number of carbonyl (C=O) groups is 2. The molecule has 0 aliphatic heterocycles. The first kappa shape index (κ1) is 29.3. The highest BCUT2D eigenvalue weighted by atomic mass is 35.5. The van der Waals surface area contributed by atoms with Gasteiger partial charge < -0.3 is 34.9 Å². The van der Waals surface area contributed by atoms with Crippen LogP contribution in [0.15, 0.2) is 47.3 Å². The zero-order valence-corrected chi connectivity index (χ0v) is 24.1. The minimum absolute atomic E-state index is 0.0854. The number of aliphatic carboxylic acids is 1. The number of carboxylic acid groups (broad SMARTS) is 1. The van der Waals surface area contributed by atoms with Gasteiger partial charge in [-0.25, -0.2) is 4.79 Å². The molecule has 0 spiro atoms. The maximum atomic E-state index is 13.7. The number of nitrogens with one attached hydrogen (secondary N) is 2. The van der Waals surface area contributed by atoms with Gasteiger partial charge in [-0.15, -0.1) is 0 Å². The summed E-state index contributed by atoms with van der Waals surface area (Å²) in [6.45, 7) is 2.94. The number of ether oxygens (including phenoxy) is 2. The number of carboxylic acids is 1. The molecule has 222 valence electrons. The topological polar surface area (TPSA) is 139 Å². The van der Waals surface area contributed by atoms with Gasteiger partial charge in [0.05, 0.1) is 32.2 Å². The van der Waals surface area contributed by atoms with E-state index in [4.69, 9.17) is 21.1 Å². The second-order valence-corrected chi connectivity index (χ2v) is 11.0. The highest BCUT2D eigenvalue weighted by Gasteiger charge is 2.28. The van der Waals surface area contributed by atoms with Crippen molar-refractivity contribution >= 4 is 29.3 Å². The summed E-state index contributed by atoms with van der Waals surface area (Å²) in [6.07, 6.45) is 3.72. The Morgan fingerprint density at radius 2 is 1.93 bits per heavy atom. The summed E-state index contributed by atoms with van der Waals surface area (Å²) in [5, 5.41) is 26.2. The van der Waals surface area contributed by atoms with Crippen molar-refractivity contribution in [2.24, 2.45) is 5.92 Å². The Labute approximate surface area is 248 Å². The maximum absolute atomic E-state index is 13.7. The molecule has 2 aromatic carbocycles. The van der Waals surface area contributed by atoms with Crippen LogP contribution in [0.1, 0.15) is 61.0 Å². The van der Waals surface area contributed by atoms with Gasteiger partial charge in [-0.2, -0.15) is 0 Å². The molecule has 1 heterocycles. The minimum Gasteiger partial charge on any atom is -0.505 e. The summed E-state index contributed by atoms with van der Waals surface area (Å²) in [5.41, 5.74) is 1.53. The Kier molecular flexibility index (Phi) is 8.91. The number of halogens is 1. The van der Waals surface area contributed by atoms with Gasteiger partial charge in [0, 0.05) is 21.8 Å². The molecule has 10 nitrogen and oxygen atoms in total. The number of amides is 2. The number of pyridine rings is 1. The maximum Gasteiger partial charge on any atom is 0.319 e. The van der Waals surface area contributed by atoms with Crippen LogP contribution in [0.3, 0.4) is 0 Å². The summed E-state index contributed by atoms with van der Waals surface area (Å²) in [5.74, 6) is 0.275. The molecule has 4 N–H and O–H groups in total. The van der Waals surface area contributed by atoms with E-state index >= 15 is 0 Å². The monoisotopic (exact) mass is 595 g/mol. The molecule has 1 fully saturated rings. The van der Waals surface area contributed by atoms with Gasteiger partial charge in [-0.3, -0.25) is 9.59 Å². The number of nitrogens with zero attached hydrogens (tertiary/aromatic N) is 1. The third-order valence-electron chi connectivity index (χ3n) is 7.55. The van der Waals surface area contributed by atoms with Gasteiger partial charge in [-0.05, 0) is 74.8 Å². The lowest BCUT2D eigenvalue weighted by Crippen LogP contribution is -2.37. The second kappa shape index (κ2) is 12.8. The predicted octanol–water partition coefficient (Wildman–Crippen LogP) is 5.27. The van der Waals surface area contributed by atoms with Crippen LogP contribution in [0.2, 0.25) is 5.02 Å². The molecule has 0 bridgehead atoms. The van der Waals surface area contributed by atoms with Crippen molar-refractivity contribution < 1.29 is 29.3 Å². The lowest BCUT2D eigenvalue weighted by Gasteiger charge is -2.21. The quantitative estimate of drug-likeness (QED) is 0.224. The highest BCUT2D eigenvalue weighted by Crippen LogP contribution is 2.36. The number of hydrogen-bond acceptors (Lipinski definition) is 6. The molecule has 0 radical (unpaired) electrons. The fraction of sp³-hybridized carbons (Fsp3) is 0.387. The van der Waals surface area contributed by atoms with Crippen LogP contribution in [0.25, 0.3) is 0 Å². The number of hydrogen-bond donors (Lipinski definition) is 4. The number of carbonyl (C=O) groups excluding carboxylic acids is 1. The Hall–Kier alpha value is -4.18. The van der Waals surface area contributed by atoms with E-state index in [-0.39, 0.29) is 18.0 Å². The number of fused-ring (bicyclic) bond motifs is 1. The average molecular weight is 596 g/mol. The predicted molar refractivity (Wildman–Crippen MR) is 158 cm³/mol. The zero-order valence-electron chi connectivity index (χ0n) is 23.3. The summed E-state index contributed by atoms with van der Waals surface area (Å²) >= 11 is 6.50. The largest absolute Gasteiger partial charge is 0.505 e. The molecule has 1 aromatic heterocycles. The Morgan fingerprint density at radius 1 is 1.14 bits per heavy atom. The van der Waals surface area contributed by atoms with Crippen LogP contribution in [-0.4, -0.2) is 40.0 Å². The molecule has 3 aromatic rings. The van der Waals surface area contributed by atoms with E-state index in [9.17, 15) is 24.6 Å². The first-order valence-electron chi connectivity index (χ1n) is 14.1. The van der Waals surface area contributed by atoms with Crippen molar-refractivity contribution in [3.05, 3.63) is 80.2 Å². The van der Waals surface area contributed by atoms with E-state index in [0.717, 1.165) is 19.3 Å². The summed E-state index contributed by atoms with van der Waals surface area (Å²) in [7, 11) is 0. The SMILES string of the molecule is CCOc1cccc(Cl)c1Cn1c2c(c(O)c(NC(=O)N[C@@H](CC(=O)O)c3cccc(OCC4CC4)c3)c1=O)CCC2. The van der Waals surface area contributed by atoms with E-state index in [2.05, 4.69) is 10.6 Å². The van der Waals surface area contributed by atoms with Gasteiger partial charge in [0.2, 0.25) is 0 Å². The summed E-state index contributed by atoms with van der Waals surface area (Å²) < 4.78 is 13.1. The van der Waals surface area contributed by atoms with Crippen molar-refractivity contribution in [1.29, 1.82) is 0 Å². The number of anilines is 1. The lowest BCUT2D eigenvalue weighted by molar-refractivity contribution is -0.137. The summed E-state index contributed by atoms with van der Waals surface area (Å²) in [6, 6.07) is 10.4. The average Bonchev–Trinajstić information content (AvgIpc) is 3.67. The third-order valence-corrected chi connectivity index (χ3v) is 7.91. The number of urea groups is 1. The minimum atomic E-state index is -1.11. The molecule has 2 aliphatic rings. The van der Waals surface area contributed by atoms with Gasteiger partial charge in [-0.1, -0.05) is 29.8 Å². The molecule has 2 amide bonds. The third kappa shape index (κ3) is 6.65. The van der Waals surface area contributed by atoms with Gasteiger partial charge in [0.25, 0.3) is 5.56 Å². The molecular formula is C31H34ClN3O7. The van der Waals surface area contributed by atoms with Crippen LogP contribution in [0.5, 0.6) is 17.2 Å². The molecule has 0 saturated heterocycles. The standard InChI is InChI=1S/C31H34ClN3O7/c1-2-41-26-11-5-9-23(32)22(26)16-35-25-10-4-8-21(25)29(38)28(30(35)39)34-31(40)33-24(15-27(36)37)19-6-3-7-20(14-19)42-17-18-12-13-18/h3,5-7,9,11,14,18,24,38H,2,4,8,10,12-13,15-17H2,1H3,(H,36,37)(H2,33,34,40)/t24-/m0/s1. The zero-order chi connectivity index (χ0) is 29.8. The van der Waals surface area contributed by atoms with Crippen LogP contribution in [0, 0.1) is 5.92 Å². The molecule has 0 unspecified atom stereocenters. The van der Waals surface area contributed by atoms with E-state index in [1.54, 1.807) is 42.5 Å². The molecular weight excluding hydrogens is 562 g/mol. The van der Waals surface area contributed by atoms with Crippen molar-refractivity contribution in [3.8, 4) is 17.2 Å². The summed E-state index contributed by atoms with van der Waals surface area (Å²) in [4.78, 5) is 38.6. The van der Waals surface area contributed by atoms with Crippen molar-refractivity contribution in [2.75, 3.05) is 18.5 Å². The fourth-order valence-electron chi connectivity index (χ4n) is 5.27. The Bertz CT molecular complexity index is 1550. The molecule has 1 saturated carbocycles. The Balaban J connectivity index is 1.42. The lowest BCUT2D eigenvalue weighted by atomic mass is 10.0. The van der Waals surface area contributed by atoms with E-state index in [1.807, 2.05) is 6.92 Å². The van der Waals surface area contributed by atoms with Gasteiger partial charge >= 0.3 is 12.0 Å². The highest BCUT2D eigenvalue weighted by molar-refractivity contribution is 6.31. The number of aromatic hydroxyl groups is 1. The first-order chi connectivity index (χ1) is 20.2. The van der Waals surface area contributed by atoms with Gasteiger partial charge in [0.15, 0.2) is 5.69 Å². The number of aromatic nitrogens is 1. The normalized spacial score (nSPS) is 14.6. The number of rotatable bonds is 12. The second-order valence-electron chi connectivity index (χ2n) is 10.6. The smallest absolute Gasteiger partial charge is 0.319 e. The fourth-order valence-corrected chi connectivity index (χ4v) is 5.49. The molecule has 11 heteroatoms. The van der Waals surface area contributed by atoms with E-state index in [1.165, 1.54) is 4.57 Å². The first-order valence-corrected chi connectivity index (χ1v) is 14.5. The van der Waals surface area contributed by atoms with Crippen LogP contribution < -0.4 is 25.7 Å². The van der Waals surface area contributed by atoms with E-state index in [0.29, 0.717) is 70.9 Å². The van der Waals surface area contributed by atoms with E-state index < -0.39 is 30.0 Å². The van der Waals surface area contributed by atoms with Crippen molar-refractivity contribution in [2.45, 2.75) is 58.0 Å². The molecule has 42 heavy (non-hydrogen) atoms. The van der Waals surface area contributed by atoms with Crippen LogP contribution in [0.4, 0.5) is 10.5 Å². The Morgan fingerprint density at radius 3 is 2.67 bits per heavy atom. The number of benzene rings is 2. The van der Waals surface area contributed by atoms with Crippen molar-refractivity contribution in [3.63, 3.8) is 0 Å². The molecule has 1 atom stereocenters. The molecule has 2 aliphatic carbocycles. The van der Waals surface area contributed by atoms with Crippen LogP contribution in [-0.2, 0) is 24.2 Å². The van der Waals surface area contributed by atoms with Crippen LogP contribution >= 0.6 is 11.6 Å². The molecule has 5 rings (SSSR count).